The Morgan fingerprint density at radius 1 is 0.946 bits per heavy atom. The quantitative estimate of drug-likeness (QED) is 0.519. The maximum absolute atomic E-state index is 12.8. The van der Waals surface area contributed by atoms with Crippen LogP contribution in [0.1, 0.15) is 42.6 Å². The first-order valence-corrected chi connectivity index (χ1v) is 12.9. The van der Waals surface area contributed by atoms with Crippen LogP contribution in [-0.4, -0.2) is 73.3 Å². The lowest BCUT2D eigenvalue weighted by molar-refractivity contribution is -0.146. The Labute approximate surface area is 217 Å². The Morgan fingerprint density at radius 2 is 1.68 bits per heavy atom. The molecule has 2 aromatic rings. The van der Waals surface area contributed by atoms with E-state index in [1.165, 1.54) is 0 Å². The van der Waals surface area contributed by atoms with E-state index in [2.05, 4.69) is 5.32 Å². The summed E-state index contributed by atoms with van der Waals surface area (Å²) in [5.74, 6) is -0.563. The third kappa shape index (κ3) is 7.53. The van der Waals surface area contributed by atoms with Crippen LogP contribution in [-0.2, 0) is 36.8 Å². The lowest BCUT2D eigenvalue weighted by Crippen LogP contribution is -2.48. The first-order valence-electron chi connectivity index (χ1n) is 12.9. The highest BCUT2D eigenvalue weighted by atomic mass is 16.6. The van der Waals surface area contributed by atoms with Crippen molar-refractivity contribution in [1.82, 2.24) is 15.1 Å². The van der Waals surface area contributed by atoms with Crippen molar-refractivity contribution in [1.29, 1.82) is 0 Å². The van der Waals surface area contributed by atoms with Crippen LogP contribution >= 0.6 is 0 Å². The molecule has 0 saturated carbocycles. The summed E-state index contributed by atoms with van der Waals surface area (Å²) in [6.45, 7) is 4.03. The van der Waals surface area contributed by atoms with Gasteiger partial charge in [0, 0.05) is 19.6 Å². The Morgan fingerprint density at radius 3 is 2.43 bits per heavy atom. The van der Waals surface area contributed by atoms with Gasteiger partial charge in [0.1, 0.15) is 19.4 Å². The van der Waals surface area contributed by atoms with E-state index in [-0.39, 0.29) is 43.8 Å². The van der Waals surface area contributed by atoms with Gasteiger partial charge < -0.3 is 24.4 Å². The highest BCUT2D eigenvalue weighted by Crippen LogP contribution is 2.27. The monoisotopic (exact) mass is 509 g/mol. The minimum absolute atomic E-state index is 0.0883. The highest BCUT2D eigenvalue weighted by Gasteiger charge is 2.31. The van der Waals surface area contributed by atoms with Crippen molar-refractivity contribution in [2.24, 2.45) is 0 Å². The molecule has 9 nitrogen and oxygen atoms in total. The molecule has 198 valence electrons. The zero-order chi connectivity index (χ0) is 26.0. The number of hydrogen-bond donors (Lipinski definition) is 1. The Hall–Kier alpha value is -3.43. The van der Waals surface area contributed by atoms with Gasteiger partial charge in [0.2, 0.25) is 5.91 Å². The molecule has 0 aliphatic carbocycles. The fourth-order valence-corrected chi connectivity index (χ4v) is 4.73. The summed E-state index contributed by atoms with van der Waals surface area (Å²) in [5.41, 5.74) is 3.08. The number of fused-ring (bicyclic) bond motifs is 1. The number of hydrogen-bond acceptors (Lipinski definition) is 7. The van der Waals surface area contributed by atoms with Gasteiger partial charge in [-0.3, -0.25) is 14.5 Å². The summed E-state index contributed by atoms with van der Waals surface area (Å²) in [5, 5.41) is 3.04. The van der Waals surface area contributed by atoms with Gasteiger partial charge in [-0.05, 0) is 42.9 Å². The van der Waals surface area contributed by atoms with Crippen molar-refractivity contribution in [3.8, 4) is 0 Å². The van der Waals surface area contributed by atoms with Crippen molar-refractivity contribution in [3.63, 3.8) is 0 Å². The van der Waals surface area contributed by atoms with E-state index in [9.17, 15) is 14.4 Å². The zero-order valence-corrected chi connectivity index (χ0v) is 21.3. The molecule has 2 aliphatic rings. The van der Waals surface area contributed by atoms with E-state index in [0.29, 0.717) is 39.1 Å². The standard InChI is InChI=1S/C28H35N3O6/c1-2-35-26(33)18-31-15-12-22-10-6-7-11-24(22)27(31)29-25(32)20-36-23-13-16-30(17-14-23)28(34)37-19-21-8-4-3-5-9-21/h3-11,23,27H,2,12-20H2,1H3,(H,29,32). The molecule has 1 fully saturated rings. The van der Waals surface area contributed by atoms with Crippen LogP contribution in [0.3, 0.4) is 0 Å². The van der Waals surface area contributed by atoms with Gasteiger partial charge in [0.05, 0.1) is 19.3 Å². The van der Waals surface area contributed by atoms with E-state index in [1.807, 2.05) is 59.5 Å². The number of nitrogens with zero attached hydrogens (tertiary/aromatic N) is 2. The fraction of sp³-hybridized carbons (Fsp3) is 0.464. The van der Waals surface area contributed by atoms with Gasteiger partial charge in [0.15, 0.2) is 0 Å². The first kappa shape index (κ1) is 26.6. The molecule has 1 saturated heterocycles. The van der Waals surface area contributed by atoms with Crippen molar-refractivity contribution >= 4 is 18.0 Å². The number of amides is 2. The van der Waals surface area contributed by atoms with Crippen molar-refractivity contribution in [3.05, 3.63) is 71.3 Å². The molecule has 37 heavy (non-hydrogen) atoms. The molecule has 0 bridgehead atoms. The number of benzene rings is 2. The largest absolute Gasteiger partial charge is 0.465 e. The Kier molecular flexibility index (Phi) is 9.51. The second kappa shape index (κ2) is 13.2. The second-order valence-corrected chi connectivity index (χ2v) is 9.23. The number of likely N-dealkylation sites (tertiary alicyclic amines) is 1. The topological polar surface area (TPSA) is 97.4 Å². The third-order valence-electron chi connectivity index (χ3n) is 6.67. The Balaban J connectivity index is 1.23. The summed E-state index contributed by atoms with van der Waals surface area (Å²) >= 11 is 0. The summed E-state index contributed by atoms with van der Waals surface area (Å²) in [6.07, 6.45) is 1.19. The van der Waals surface area contributed by atoms with Crippen molar-refractivity contribution < 1.29 is 28.6 Å². The molecule has 1 atom stereocenters. The van der Waals surface area contributed by atoms with Gasteiger partial charge in [-0.2, -0.15) is 0 Å². The summed E-state index contributed by atoms with van der Waals surface area (Å²) in [4.78, 5) is 41.0. The molecule has 4 rings (SSSR count). The van der Waals surface area contributed by atoms with Gasteiger partial charge >= 0.3 is 12.1 Å². The van der Waals surface area contributed by atoms with Crippen LogP contribution < -0.4 is 5.32 Å². The Bertz CT molecular complexity index is 1050. The average molecular weight is 510 g/mol. The number of nitrogens with one attached hydrogen (secondary N) is 1. The molecular weight excluding hydrogens is 474 g/mol. The second-order valence-electron chi connectivity index (χ2n) is 9.23. The highest BCUT2D eigenvalue weighted by molar-refractivity contribution is 5.78. The predicted octanol–water partition coefficient (Wildman–Crippen LogP) is 3.04. The molecule has 2 heterocycles. The van der Waals surface area contributed by atoms with E-state index >= 15 is 0 Å². The fourth-order valence-electron chi connectivity index (χ4n) is 4.73. The SMILES string of the molecule is CCOC(=O)CN1CCc2ccccc2C1NC(=O)COC1CCN(C(=O)OCc2ccccc2)CC1. The summed E-state index contributed by atoms with van der Waals surface area (Å²) in [6, 6.07) is 17.5. The van der Waals surface area contributed by atoms with Crippen LogP contribution in [0, 0.1) is 0 Å². The molecule has 2 aromatic carbocycles. The first-order chi connectivity index (χ1) is 18.0. The van der Waals surface area contributed by atoms with E-state index in [1.54, 1.807) is 11.8 Å². The van der Waals surface area contributed by atoms with Gasteiger partial charge in [-0.15, -0.1) is 0 Å². The number of rotatable bonds is 9. The van der Waals surface area contributed by atoms with Crippen LogP contribution in [0.5, 0.6) is 0 Å². The predicted molar refractivity (Wildman–Crippen MR) is 136 cm³/mol. The van der Waals surface area contributed by atoms with E-state index in [4.69, 9.17) is 14.2 Å². The lowest BCUT2D eigenvalue weighted by atomic mass is 9.96. The normalized spacial score (nSPS) is 18.1. The molecule has 0 radical (unpaired) electrons. The van der Waals surface area contributed by atoms with Gasteiger partial charge in [0.25, 0.3) is 0 Å². The molecule has 2 aliphatic heterocycles. The molecule has 1 N–H and O–H groups in total. The number of carbonyl (C=O) groups is 3. The molecule has 9 heteroatoms. The van der Waals surface area contributed by atoms with Crippen molar-refractivity contribution in [2.75, 3.05) is 39.4 Å². The summed E-state index contributed by atoms with van der Waals surface area (Å²) < 4.78 is 16.4. The van der Waals surface area contributed by atoms with Crippen LogP contribution in [0.4, 0.5) is 4.79 Å². The van der Waals surface area contributed by atoms with Crippen LogP contribution in [0.2, 0.25) is 0 Å². The van der Waals surface area contributed by atoms with Crippen LogP contribution in [0.25, 0.3) is 0 Å². The number of esters is 1. The van der Waals surface area contributed by atoms with Gasteiger partial charge in [-0.1, -0.05) is 54.6 Å². The zero-order valence-electron chi connectivity index (χ0n) is 21.3. The minimum Gasteiger partial charge on any atom is -0.465 e. The molecule has 2 amide bonds. The van der Waals surface area contributed by atoms with Crippen LogP contribution in [0.15, 0.2) is 54.6 Å². The molecule has 0 aromatic heterocycles. The lowest BCUT2D eigenvalue weighted by Gasteiger charge is -2.37. The summed E-state index contributed by atoms with van der Waals surface area (Å²) in [7, 11) is 0. The van der Waals surface area contributed by atoms with Gasteiger partial charge in [-0.25, -0.2) is 4.79 Å². The average Bonchev–Trinajstić information content (AvgIpc) is 2.93. The smallest absolute Gasteiger partial charge is 0.410 e. The van der Waals surface area contributed by atoms with Crippen molar-refractivity contribution in [2.45, 2.75) is 45.1 Å². The minimum atomic E-state index is -0.424. The molecular formula is C28H35N3O6. The third-order valence-corrected chi connectivity index (χ3v) is 6.67. The number of ether oxygens (including phenoxy) is 3. The maximum atomic E-state index is 12.8. The molecule has 0 spiro atoms. The maximum Gasteiger partial charge on any atom is 0.410 e. The number of piperidine rings is 1. The molecule has 1 unspecified atom stereocenters. The van der Waals surface area contributed by atoms with E-state index < -0.39 is 6.17 Å². The number of carbonyl (C=O) groups excluding carboxylic acids is 3. The van der Waals surface area contributed by atoms with E-state index in [0.717, 1.165) is 23.1 Å².